The molecule has 0 aliphatic heterocycles. The summed E-state index contributed by atoms with van der Waals surface area (Å²) in [5.41, 5.74) is 1.50. The molecule has 1 rings (SSSR count). The molecule has 0 aliphatic carbocycles. The molecule has 15 heavy (non-hydrogen) atoms. The molecule has 3 nitrogen and oxygen atoms in total. The minimum absolute atomic E-state index is 0.0900. The van der Waals surface area contributed by atoms with Crippen LogP contribution in [0, 0.1) is 0 Å². The van der Waals surface area contributed by atoms with Crippen LogP contribution in [-0.2, 0) is 0 Å². The number of nitrogens with zero attached hydrogens (tertiary/aromatic N) is 1. The van der Waals surface area contributed by atoms with Gasteiger partial charge in [0, 0.05) is 19.7 Å². The predicted octanol–water partition coefficient (Wildman–Crippen LogP) is 2.22. The molecule has 1 N–H and O–H groups in total. The Balaban J connectivity index is 3.14. The molecule has 0 aromatic heterocycles. The van der Waals surface area contributed by atoms with Crippen molar-refractivity contribution in [2.24, 2.45) is 0 Å². The van der Waals surface area contributed by atoms with E-state index in [1.807, 2.05) is 19.9 Å². The first-order valence-electron chi connectivity index (χ1n) is 4.97. The second kappa shape index (κ2) is 4.34. The van der Waals surface area contributed by atoms with Crippen LogP contribution in [0.2, 0.25) is 0 Å². The Morgan fingerprint density at radius 3 is 2.33 bits per heavy atom. The Morgan fingerprint density at radius 2 is 1.87 bits per heavy atom. The van der Waals surface area contributed by atoms with Crippen LogP contribution in [0.1, 0.15) is 35.7 Å². The number of amides is 1. The van der Waals surface area contributed by atoms with Gasteiger partial charge in [-0.1, -0.05) is 13.8 Å². The third-order valence-electron chi connectivity index (χ3n) is 2.26. The summed E-state index contributed by atoms with van der Waals surface area (Å²) in [6.45, 7) is 4.05. The van der Waals surface area contributed by atoms with Gasteiger partial charge >= 0.3 is 0 Å². The summed E-state index contributed by atoms with van der Waals surface area (Å²) in [5, 5.41) is 9.50. The summed E-state index contributed by atoms with van der Waals surface area (Å²) < 4.78 is 0. The van der Waals surface area contributed by atoms with Gasteiger partial charge < -0.3 is 10.0 Å². The van der Waals surface area contributed by atoms with E-state index in [9.17, 15) is 9.90 Å². The second-order valence-corrected chi connectivity index (χ2v) is 4.17. The first kappa shape index (κ1) is 11.6. The van der Waals surface area contributed by atoms with Gasteiger partial charge in [-0.15, -0.1) is 0 Å². The summed E-state index contributed by atoms with van der Waals surface area (Å²) in [7, 11) is 3.39. The monoisotopic (exact) mass is 207 g/mol. The van der Waals surface area contributed by atoms with Gasteiger partial charge in [0.15, 0.2) is 0 Å². The maximum Gasteiger partial charge on any atom is 0.253 e. The SMILES string of the molecule is CC(C)c1cc(O)cc(C(=O)N(C)C)c1. The molecule has 1 aromatic rings. The van der Waals surface area contributed by atoms with Gasteiger partial charge in [0.1, 0.15) is 5.75 Å². The molecule has 0 unspecified atom stereocenters. The summed E-state index contributed by atoms with van der Waals surface area (Å²) in [6, 6.07) is 5.01. The minimum atomic E-state index is -0.0900. The number of carbonyl (C=O) groups is 1. The molecule has 82 valence electrons. The molecular weight excluding hydrogens is 190 g/mol. The number of rotatable bonds is 2. The van der Waals surface area contributed by atoms with Gasteiger partial charge in [-0.25, -0.2) is 0 Å². The molecule has 0 fully saturated rings. The van der Waals surface area contributed by atoms with E-state index in [1.165, 1.54) is 11.0 Å². The molecule has 0 bridgehead atoms. The van der Waals surface area contributed by atoms with Crippen molar-refractivity contribution in [2.45, 2.75) is 19.8 Å². The third-order valence-corrected chi connectivity index (χ3v) is 2.26. The largest absolute Gasteiger partial charge is 0.508 e. The quantitative estimate of drug-likeness (QED) is 0.807. The lowest BCUT2D eigenvalue weighted by Gasteiger charge is -2.13. The highest BCUT2D eigenvalue weighted by Crippen LogP contribution is 2.22. The molecule has 0 aliphatic rings. The van der Waals surface area contributed by atoms with Crippen LogP contribution in [0.25, 0.3) is 0 Å². The van der Waals surface area contributed by atoms with Gasteiger partial charge in [-0.2, -0.15) is 0 Å². The van der Waals surface area contributed by atoms with Crippen LogP contribution in [0.4, 0.5) is 0 Å². The standard InChI is InChI=1S/C12H17NO2/c1-8(2)9-5-10(7-11(14)6-9)12(15)13(3)4/h5-8,14H,1-4H3. The average Bonchev–Trinajstić information content (AvgIpc) is 2.15. The highest BCUT2D eigenvalue weighted by atomic mass is 16.3. The lowest BCUT2D eigenvalue weighted by Crippen LogP contribution is -2.21. The number of carbonyl (C=O) groups excluding carboxylic acids is 1. The summed E-state index contributed by atoms with van der Waals surface area (Å²) in [4.78, 5) is 13.2. The summed E-state index contributed by atoms with van der Waals surface area (Å²) in [6.07, 6.45) is 0. The van der Waals surface area contributed by atoms with Crippen molar-refractivity contribution >= 4 is 5.91 Å². The fourth-order valence-electron chi connectivity index (χ4n) is 1.35. The molecule has 0 saturated carbocycles. The lowest BCUT2D eigenvalue weighted by atomic mass is 10.00. The first-order chi connectivity index (χ1) is 6.91. The van der Waals surface area contributed by atoms with E-state index >= 15 is 0 Å². The molecule has 1 aromatic carbocycles. The van der Waals surface area contributed by atoms with Gasteiger partial charge in [0.2, 0.25) is 0 Å². The zero-order valence-electron chi connectivity index (χ0n) is 9.61. The second-order valence-electron chi connectivity index (χ2n) is 4.17. The average molecular weight is 207 g/mol. The zero-order valence-corrected chi connectivity index (χ0v) is 9.61. The van der Waals surface area contributed by atoms with Crippen molar-refractivity contribution in [3.63, 3.8) is 0 Å². The molecule has 0 atom stereocenters. The van der Waals surface area contributed by atoms with E-state index in [-0.39, 0.29) is 11.7 Å². The number of phenols is 1. The summed E-state index contributed by atoms with van der Waals surface area (Å²) >= 11 is 0. The molecule has 0 spiro atoms. The fraction of sp³-hybridized carbons (Fsp3) is 0.417. The van der Waals surface area contributed by atoms with Crippen molar-refractivity contribution in [1.29, 1.82) is 0 Å². The van der Waals surface area contributed by atoms with E-state index in [2.05, 4.69) is 0 Å². The zero-order chi connectivity index (χ0) is 11.6. The van der Waals surface area contributed by atoms with Crippen molar-refractivity contribution in [1.82, 2.24) is 4.90 Å². The fourth-order valence-corrected chi connectivity index (χ4v) is 1.35. The van der Waals surface area contributed by atoms with E-state index in [0.717, 1.165) is 5.56 Å². The Hall–Kier alpha value is -1.51. The van der Waals surface area contributed by atoms with E-state index < -0.39 is 0 Å². The summed E-state index contributed by atoms with van der Waals surface area (Å²) in [5.74, 6) is 0.352. The molecule has 1 amide bonds. The number of phenolic OH excluding ortho intramolecular Hbond substituents is 1. The molecule has 0 radical (unpaired) electrons. The third kappa shape index (κ3) is 2.72. The van der Waals surface area contributed by atoms with Crippen molar-refractivity contribution in [2.75, 3.05) is 14.1 Å². The van der Waals surface area contributed by atoms with Crippen molar-refractivity contribution < 1.29 is 9.90 Å². The Morgan fingerprint density at radius 1 is 1.27 bits per heavy atom. The van der Waals surface area contributed by atoms with Gasteiger partial charge in [0.25, 0.3) is 5.91 Å². The topological polar surface area (TPSA) is 40.5 Å². The minimum Gasteiger partial charge on any atom is -0.508 e. The van der Waals surface area contributed by atoms with Gasteiger partial charge in [-0.3, -0.25) is 4.79 Å². The Kier molecular flexibility index (Phi) is 3.35. The van der Waals surface area contributed by atoms with Crippen LogP contribution < -0.4 is 0 Å². The van der Waals surface area contributed by atoms with Crippen LogP contribution in [0.3, 0.4) is 0 Å². The highest BCUT2D eigenvalue weighted by Gasteiger charge is 2.11. The smallest absolute Gasteiger partial charge is 0.253 e. The number of hydrogen-bond acceptors (Lipinski definition) is 2. The first-order valence-corrected chi connectivity index (χ1v) is 4.97. The molecule has 0 saturated heterocycles. The predicted molar refractivity (Wildman–Crippen MR) is 60.2 cm³/mol. The van der Waals surface area contributed by atoms with Crippen LogP contribution in [0.15, 0.2) is 18.2 Å². The van der Waals surface area contributed by atoms with Gasteiger partial charge in [-0.05, 0) is 29.7 Å². The van der Waals surface area contributed by atoms with Gasteiger partial charge in [0.05, 0.1) is 0 Å². The normalized spacial score (nSPS) is 10.5. The van der Waals surface area contributed by atoms with Crippen LogP contribution in [0.5, 0.6) is 5.75 Å². The van der Waals surface area contributed by atoms with E-state index in [4.69, 9.17) is 0 Å². The maximum absolute atomic E-state index is 11.7. The van der Waals surface area contributed by atoms with Crippen molar-refractivity contribution in [3.8, 4) is 5.75 Å². The number of aromatic hydroxyl groups is 1. The Labute approximate surface area is 90.3 Å². The maximum atomic E-state index is 11.7. The van der Waals surface area contributed by atoms with Crippen molar-refractivity contribution in [3.05, 3.63) is 29.3 Å². The van der Waals surface area contributed by atoms with E-state index in [0.29, 0.717) is 11.5 Å². The lowest BCUT2D eigenvalue weighted by molar-refractivity contribution is 0.0827. The highest BCUT2D eigenvalue weighted by molar-refractivity contribution is 5.94. The molecule has 0 heterocycles. The number of hydrogen-bond donors (Lipinski definition) is 1. The number of benzene rings is 1. The van der Waals surface area contributed by atoms with E-state index in [1.54, 1.807) is 20.2 Å². The molecular formula is C12H17NO2. The van der Waals surface area contributed by atoms with Crippen LogP contribution in [-0.4, -0.2) is 30.0 Å². The van der Waals surface area contributed by atoms with Crippen LogP contribution >= 0.6 is 0 Å². The Bertz CT molecular complexity index is 370. The molecule has 3 heteroatoms.